The molecule has 106 valence electrons. The van der Waals surface area contributed by atoms with E-state index < -0.39 is 0 Å². The third kappa shape index (κ3) is 5.83. The topological polar surface area (TPSA) is 55.6 Å². The van der Waals surface area contributed by atoms with Crippen LogP contribution in [0.5, 0.6) is 0 Å². The highest BCUT2D eigenvalue weighted by molar-refractivity contribution is 5.77. The Morgan fingerprint density at radius 1 is 1.44 bits per heavy atom. The van der Waals surface area contributed by atoms with E-state index in [-0.39, 0.29) is 17.4 Å². The van der Waals surface area contributed by atoms with Crippen LogP contribution in [-0.4, -0.2) is 43.2 Å². The number of nitrogens with two attached hydrogens (primary N) is 1. The lowest BCUT2D eigenvalue weighted by molar-refractivity contribution is -0.132. The second-order valence-electron chi connectivity index (χ2n) is 6.54. The third-order valence-electron chi connectivity index (χ3n) is 3.16. The Hall–Kier alpha value is -0.610. The van der Waals surface area contributed by atoms with Crippen LogP contribution in [-0.2, 0) is 9.53 Å². The van der Waals surface area contributed by atoms with E-state index in [1.807, 2.05) is 4.90 Å². The Kier molecular flexibility index (Phi) is 5.60. The first-order chi connectivity index (χ1) is 8.33. The summed E-state index contributed by atoms with van der Waals surface area (Å²) in [5.41, 5.74) is 6.25. The van der Waals surface area contributed by atoms with Gasteiger partial charge in [-0.25, -0.2) is 0 Å². The van der Waals surface area contributed by atoms with E-state index in [1.54, 1.807) is 7.11 Å². The second kappa shape index (κ2) is 6.53. The number of hydrogen-bond donors (Lipinski definition) is 1. The highest BCUT2D eigenvalue weighted by Crippen LogP contribution is 2.28. The molecule has 0 aliphatic heterocycles. The first-order valence-corrected chi connectivity index (χ1v) is 6.87. The number of ether oxygens (including phenoxy) is 1. The Balaban J connectivity index is 2.40. The van der Waals surface area contributed by atoms with E-state index in [0.29, 0.717) is 25.6 Å². The van der Waals surface area contributed by atoms with Crippen molar-refractivity contribution in [3.8, 4) is 0 Å². The van der Waals surface area contributed by atoms with Gasteiger partial charge in [0.25, 0.3) is 0 Å². The van der Waals surface area contributed by atoms with Gasteiger partial charge in [0.2, 0.25) is 5.91 Å². The van der Waals surface area contributed by atoms with E-state index in [1.165, 1.54) is 0 Å². The van der Waals surface area contributed by atoms with Crippen LogP contribution in [0.2, 0.25) is 0 Å². The van der Waals surface area contributed by atoms with E-state index in [2.05, 4.69) is 20.8 Å². The average Bonchev–Trinajstić information content (AvgIpc) is 2.99. The molecule has 0 aromatic carbocycles. The highest BCUT2D eigenvalue weighted by atomic mass is 16.5. The van der Waals surface area contributed by atoms with Gasteiger partial charge in [-0.3, -0.25) is 4.79 Å². The summed E-state index contributed by atoms with van der Waals surface area (Å²) in [5, 5.41) is 0. The molecule has 0 aromatic heterocycles. The van der Waals surface area contributed by atoms with E-state index >= 15 is 0 Å². The lowest BCUT2D eigenvalue weighted by Crippen LogP contribution is -2.40. The maximum atomic E-state index is 12.2. The number of methoxy groups -OCH3 is 1. The van der Waals surface area contributed by atoms with Crippen molar-refractivity contribution in [3.63, 3.8) is 0 Å². The molecule has 1 fully saturated rings. The van der Waals surface area contributed by atoms with Crippen molar-refractivity contribution in [2.45, 2.75) is 58.5 Å². The Bertz CT molecular complexity index is 269. The molecule has 1 amide bonds. The molecule has 18 heavy (non-hydrogen) atoms. The van der Waals surface area contributed by atoms with Gasteiger partial charge in [-0.05, 0) is 24.7 Å². The molecule has 1 unspecified atom stereocenters. The van der Waals surface area contributed by atoms with Crippen molar-refractivity contribution in [1.82, 2.24) is 4.90 Å². The molecule has 1 atom stereocenters. The normalized spacial score (nSPS) is 17.6. The van der Waals surface area contributed by atoms with Crippen molar-refractivity contribution in [2.75, 3.05) is 20.3 Å². The maximum Gasteiger partial charge on any atom is 0.224 e. The van der Waals surface area contributed by atoms with Gasteiger partial charge in [-0.1, -0.05) is 20.8 Å². The molecule has 1 rings (SSSR count). The van der Waals surface area contributed by atoms with Crippen molar-refractivity contribution < 1.29 is 9.53 Å². The molecule has 0 aromatic rings. The quantitative estimate of drug-likeness (QED) is 0.755. The Morgan fingerprint density at radius 3 is 2.50 bits per heavy atom. The molecule has 2 N–H and O–H groups in total. The number of carbonyl (C=O) groups is 1. The van der Waals surface area contributed by atoms with Gasteiger partial charge in [0.15, 0.2) is 0 Å². The summed E-state index contributed by atoms with van der Waals surface area (Å²) in [5.74, 6) is 0.186. The van der Waals surface area contributed by atoms with Crippen LogP contribution in [0.4, 0.5) is 0 Å². The molecule has 1 aliphatic carbocycles. The predicted octanol–water partition coefficient (Wildman–Crippen LogP) is 1.78. The summed E-state index contributed by atoms with van der Waals surface area (Å²) in [6, 6.07) is 0.399. The molecule has 0 radical (unpaired) electrons. The van der Waals surface area contributed by atoms with Gasteiger partial charge in [0, 0.05) is 32.2 Å². The van der Waals surface area contributed by atoms with Crippen molar-refractivity contribution in [2.24, 2.45) is 11.1 Å². The average molecular weight is 256 g/mol. The smallest absolute Gasteiger partial charge is 0.224 e. The van der Waals surface area contributed by atoms with Crippen LogP contribution >= 0.6 is 0 Å². The fourth-order valence-electron chi connectivity index (χ4n) is 2.29. The van der Waals surface area contributed by atoms with Gasteiger partial charge < -0.3 is 15.4 Å². The number of hydrogen-bond acceptors (Lipinski definition) is 3. The summed E-state index contributed by atoms with van der Waals surface area (Å²) >= 11 is 0. The van der Waals surface area contributed by atoms with Crippen molar-refractivity contribution in [3.05, 3.63) is 0 Å². The zero-order valence-electron chi connectivity index (χ0n) is 12.2. The fraction of sp³-hybridized carbons (Fsp3) is 0.929. The predicted molar refractivity (Wildman–Crippen MR) is 73.3 cm³/mol. The van der Waals surface area contributed by atoms with Crippen LogP contribution in [0, 0.1) is 5.41 Å². The minimum atomic E-state index is -0.0405. The van der Waals surface area contributed by atoms with Crippen LogP contribution in [0.25, 0.3) is 0 Å². The van der Waals surface area contributed by atoms with E-state index in [0.717, 1.165) is 19.3 Å². The molecule has 1 saturated carbocycles. The van der Waals surface area contributed by atoms with E-state index in [9.17, 15) is 4.79 Å². The first-order valence-electron chi connectivity index (χ1n) is 6.87. The molecule has 0 heterocycles. The molecule has 0 spiro atoms. The van der Waals surface area contributed by atoms with E-state index in [4.69, 9.17) is 10.5 Å². The molecular weight excluding hydrogens is 228 g/mol. The monoisotopic (exact) mass is 256 g/mol. The molecule has 4 nitrogen and oxygen atoms in total. The molecule has 0 bridgehead atoms. The summed E-state index contributed by atoms with van der Waals surface area (Å²) in [6.07, 6.45) is 3.59. The Morgan fingerprint density at radius 2 is 2.06 bits per heavy atom. The van der Waals surface area contributed by atoms with Gasteiger partial charge in [0.1, 0.15) is 0 Å². The number of carbonyl (C=O) groups excluding carboxylic acids is 1. The molecule has 0 saturated heterocycles. The van der Waals surface area contributed by atoms with Crippen molar-refractivity contribution >= 4 is 5.91 Å². The van der Waals surface area contributed by atoms with Gasteiger partial charge >= 0.3 is 0 Å². The van der Waals surface area contributed by atoms with Crippen LogP contribution < -0.4 is 5.73 Å². The van der Waals surface area contributed by atoms with Gasteiger partial charge in [-0.2, -0.15) is 0 Å². The lowest BCUT2D eigenvalue weighted by atomic mass is 9.87. The third-order valence-corrected chi connectivity index (χ3v) is 3.16. The minimum Gasteiger partial charge on any atom is -0.383 e. The maximum absolute atomic E-state index is 12.2. The molecule has 4 heteroatoms. The van der Waals surface area contributed by atoms with Crippen LogP contribution in [0.3, 0.4) is 0 Å². The highest BCUT2D eigenvalue weighted by Gasteiger charge is 2.32. The summed E-state index contributed by atoms with van der Waals surface area (Å²) in [7, 11) is 1.67. The zero-order valence-corrected chi connectivity index (χ0v) is 12.2. The van der Waals surface area contributed by atoms with Crippen LogP contribution in [0.1, 0.15) is 46.5 Å². The SMILES string of the molecule is COCCN(C(=O)CC(N)CC(C)(C)C)C1CC1. The van der Waals surface area contributed by atoms with Gasteiger partial charge in [0.05, 0.1) is 6.61 Å². The fourth-order valence-corrected chi connectivity index (χ4v) is 2.29. The first kappa shape index (κ1) is 15.4. The summed E-state index contributed by atoms with van der Waals surface area (Å²) in [4.78, 5) is 14.2. The van der Waals surface area contributed by atoms with Gasteiger partial charge in [-0.15, -0.1) is 0 Å². The van der Waals surface area contributed by atoms with Crippen LogP contribution in [0.15, 0.2) is 0 Å². The second-order valence-corrected chi connectivity index (χ2v) is 6.54. The number of nitrogens with zero attached hydrogens (tertiary/aromatic N) is 1. The Labute approximate surface area is 111 Å². The molecule has 1 aliphatic rings. The largest absolute Gasteiger partial charge is 0.383 e. The summed E-state index contributed by atoms with van der Waals surface area (Å²) in [6.45, 7) is 7.77. The molecular formula is C14H28N2O2. The minimum absolute atomic E-state index is 0.0405. The zero-order chi connectivity index (χ0) is 13.8. The lowest BCUT2D eigenvalue weighted by Gasteiger charge is -2.26. The number of amides is 1. The standard InChI is InChI=1S/C14H28N2O2/c1-14(2,3)10-11(15)9-13(17)16(7-8-18-4)12-5-6-12/h11-12H,5-10,15H2,1-4H3. The number of rotatable bonds is 7. The van der Waals surface area contributed by atoms with Crippen molar-refractivity contribution in [1.29, 1.82) is 0 Å². The summed E-state index contributed by atoms with van der Waals surface area (Å²) < 4.78 is 5.06.